The number of amidine groups is 1. The molecule has 0 amide bonds. The molecule has 0 aromatic rings. The fraction of sp³-hybridized carbons (Fsp3) is 0.500. The van der Waals surface area contributed by atoms with E-state index in [9.17, 15) is 0 Å². The Kier molecular flexibility index (Phi) is 2.58. The van der Waals surface area contributed by atoms with Gasteiger partial charge in [-0.2, -0.15) is 5.10 Å². The van der Waals surface area contributed by atoms with Crippen LogP contribution >= 0.6 is 0 Å². The Hall–Kier alpha value is -1.58. The van der Waals surface area contributed by atoms with Crippen LogP contribution in [0.2, 0.25) is 0 Å². The molecule has 0 radical (unpaired) electrons. The van der Waals surface area contributed by atoms with Crippen molar-refractivity contribution in [3.63, 3.8) is 0 Å². The Morgan fingerprint density at radius 2 is 1.94 bits per heavy atom. The molecule has 0 atom stereocenters. The minimum absolute atomic E-state index is 0.323. The Bertz CT molecular complexity index is 413. The zero-order valence-corrected chi connectivity index (χ0v) is 10.3. The summed E-state index contributed by atoms with van der Waals surface area (Å²) in [5.41, 5.74) is 2.14. The molecule has 0 fully saturated rings. The number of nitrogens with zero attached hydrogens (tertiary/aromatic N) is 3. The standard InChI is InChI=1S/C12H18N4/c1-7(2)11-10-6-13-9(5)16(8(3)4)12(10)15-14-11/h6-8,13H,5H2,1-4H3. The molecule has 2 rings (SSSR count). The average molecular weight is 218 g/mol. The first-order valence-electron chi connectivity index (χ1n) is 5.63. The molecule has 0 unspecified atom stereocenters. The topological polar surface area (TPSA) is 40.0 Å². The first-order chi connectivity index (χ1) is 7.52. The average Bonchev–Trinajstić information content (AvgIpc) is 2.59. The van der Waals surface area contributed by atoms with E-state index in [0.717, 1.165) is 22.9 Å². The van der Waals surface area contributed by atoms with Crippen molar-refractivity contribution in [2.45, 2.75) is 33.7 Å². The van der Waals surface area contributed by atoms with E-state index in [1.807, 2.05) is 6.20 Å². The van der Waals surface area contributed by atoms with Crippen molar-refractivity contribution in [2.24, 2.45) is 16.1 Å². The number of hydrogen-bond acceptors (Lipinski definition) is 4. The smallest absolute Gasteiger partial charge is 0.167 e. The zero-order chi connectivity index (χ0) is 11.9. The van der Waals surface area contributed by atoms with Crippen LogP contribution < -0.4 is 5.32 Å². The normalized spacial score (nSPS) is 19.5. The van der Waals surface area contributed by atoms with Crippen LogP contribution in [-0.2, 0) is 0 Å². The van der Waals surface area contributed by atoms with Gasteiger partial charge in [-0.15, -0.1) is 5.10 Å². The molecule has 0 aromatic carbocycles. The highest BCUT2D eigenvalue weighted by atomic mass is 15.4. The summed E-state index contributed by atoms with van der Waals surface area (Å²) in [6, 6.07) is 0.323. The van der Waals surface area contributed by atoms with Crippen LogP contribution in [-0.4, -0.2) is 22.5 Å². The van der Waals surface area contributed by atoms with Crippen LogP contribution in [0.3, 0.4) is 0 Å². The van der Waals surface area contributed by atoms with Gasteiger partial charge in [0.05, 0.1) is 11.3 Å². The lowest BCUT2D eigenvalue weighted by molar-refractivity contribution is 0.403. The van der Waals surface area contributed by atoms with Gasteiger partial charge in [0.25, 0.3) is 0 Å². The molecular weight excluding hydrogens is 200 g/mol. The number of nitrogens with one attached hydrogen (secondary N) is 1. The van der Waals surface area contributed by atoms with Crippen LogP contribution in [0.4, 0.5) is 0 Å². The van der Waals surface area contributed by atoms with Crippen LogP contribution in [0.1, 0.15) is 27.7 Å². The molecule has 0 aromatic heterocycles. The third-order valence-electron chi connectivity index (χ3n) is 2.73. The lowest BCUT2D eigenvalue weighted by Crippen LogP contribution is -2.44. The van der Waals surface area contributed by atoms with E-state index in [0.29, 0.717) is 12.0 Å². The van der Waals surface area contributed by atoms with Crippen molar-refractivity contribution in [1.29, 1.82) is 0 Å². The van der Waals surface area contributed by atoms with Gasteiger partial charge in [-0.3, -0.25) is 0 Å². The SMILES string of the molecule is C=C1NC=C2C(C(C)C)=NN=C2N1C(C)C. The van der Waals surface area contributed by atoms with Crippen LogP contribution in [0.25, 0.3) is 0 Å². The molecule has 0 aliphatic carbocycles. The molecular formula is C12H18N4. The summed E-state index contributed by atoms with van der Waals surface area (Å²) in [5, 5.41) is 11.7. The fourth-order valence-electron chi connectivity index (χ4n) is 1.98. The van der Waals surface area contributed by atoms with Crippen molar-refractivity contribution in [3.05, 3.63) is 24.2 Å². The number of fused-ring (bicyclic) bond motifs is 1. The predicted molar refractivity (Wildman–Crippen MR) is 67.0 cm³/mol. The number of hydrogen-bond donors (Lipinski definition) is 1. The van der Waals surface area contributed by atoms with E-state index in [1.54, 1.807) is 0 Å². The molecule has 86 valence electrons. The highest BCUT2D eigenvalue weighted by molar-refractivity contribution is 6.27. The van der Waals surface area contributed by atoms with E-state index in [1.165, 1.54) is 0 Å². The maximum Gasteiger partial charge on any atom is 0.167 e. The van der Waals surface area contributed by atoms with Crippen molar-refractivity contribution >= 4 is 11.5 Å². The minimum Gasteiger partial charge on any atom is -0.348 e. The molecule has 4 nitrogen and oxygen atoms in total. The van der Waals surface area contributed by atoms with Gasteiger partial charge in [-0.25, -0.2) is 0 Å². The quantitative estimate of drug-likeness (QED) is 0.770. The minimum atomic E-state index is 0.323. The second kappa shape index (κ2) is 3.77. The van der Waals surface area contributed by atoms with Crippen LogP contribution in [0.15, 0.2) is 34.4 Å². The predicted octanol–water partition coefficient (Wildman–Crippen LogP) is 2.08. The van der Waals surface area contributed by atoms with E-state index in [2.05, 4.69) is 54.7 Å². The molecule has 0 saturated carbocycles. The van der Waals surface area contributed by atoms with E-state index >= 15 is 0 Å². The van der Waals surface area contributed by atoms with Crippen molar-refractivity contribution in [1.82, 2.24) is 10.2 Å². The van der Waals surface area contributed by atoms with Gasteiger partial charge in [0.2, 0.25) is 0 Å². The van der Waals surface area contributed by atoms with E-state index in [-0.39, 0.29) is 0 Å². The van der Waals surface area contributed by atoms with Gasteiger partial charge < -0.3 is 10.2 Å². The third-order valence-corrected chi connectivity index (χ3v) is 2.73. The van der Waals surface area contributed by atoms with Gasteiger partial charge >= 0.3 is 0 Å². The summed E-state index contributed by atoms with van der Waals surface area (Å²) in [5.74, 6) is 2.16. The monoisotopic (exact) mass is 218 g/mol. The van der Waals surface area contributed by atoms with Crippen LogP contribution in [0.5, 0.6) is 0 Å². The maximum atomic E-state index is 4.27. The zero-order valence-electron chi connectivity index (χ0n) is 10.3. The van der Waals surface area contributed by atoms with Gasteiger partial charge in [0.15, 0.2) is 5.84 Å². The second-order valence-electron chi connectivity index (χ2n) is 4.68. The molecule has 4 heteroatoms. The lowest BCUT2D eigenvalue weighted by atomic mass is 9.98. The Labute approximate surface area is 96.4 Å². The molecule has 0 saturated heterocycles. The Morgan fingerprint density at radius 3 is 2.50 bits per heavy atom. The molecule has 16 heavy (non-hydrogen) atoms. The summed E-state index contributed by atoms with van der Waals surface area (Å²) in [4.78, 5) is 2.08. The molecule has 0 bridgehead atoms. The van der Waals surface area contributed by atoms with E-state index < -0.39 is 0 Å². The van der Waals surface area contributed by atoms with Crippen molar-refractivity contribution in [3.8, 4) is 0 Å². The molecule has 1 N–H and O–H groups in total. The highest BCUT2D eigenvalue weighted by Crippen LogP contribution is 2.25. The Morgan fingerprint density at radius 1 is 1.25 bits per heavy atom. The van der Waals surface area contributed by atoms with Gasteiger partial charge in [-0.05, 0) is 19.8 Å². The molecule has 0 spiro atoms. The number of rotatable bonds is 2. The largest absolute Gasteiger partial charge is 0.348 e. The molecule has 2 aliphatic rings. The third kappa shape index (κ3) is 1.54. The first kappa shape index (κ1) is 10.9. The lowest BCUT2D eigenvalue weighted by Gasteiger charge is -2.34. The van der Waals surface area contributed by atoms with Crippen molar-refractivity contribution in [2.75, 3.05) is 0 Å². The van der Waals surface area contributed by atoms with E-state index in [4.69, 9.17) is 0 Å². The molecule has 2 heterocycles. The Balaban J connectivity index is 2.36. The summed E-state index contributed by atoms with van der Waals surface area (Å²) in [6.07, 6.45) is 1.95. The summed E-state index contributed by atoms with van der Waals surface area (Å²) in [7, 11) is 0. The summed E-state index contributed by atoms with van der Waals surface area (Å²) < 4.78 is 0. The summed E-state index contributed by atoms with van der Waals surface area (Å²) >= 11 is 0. The summed E-state index contributed by atoms with van der Waals surface area (Å²) in [6.45, 7) is 12.5. The van der Waals surface area contributed by atoms with Crippen molar-refractivity contribution < 1.29 is 0 Å². The fourth-order valence-corrected chi connectivity index (χ4v) is 1.98. The first-order valence-corrected chi connectivity index (χ1v) is 5.63. The molecule has 2 aliphatic heterocycles. The maximum absolute atomic E-state index is 4.27. The second-order valence-corrected chi connectivity index (χ2v) is 4.68. The van der Waals surface area contributed by atoms with Gasteiger partial charge in [0.1, 0.15) is 5.82 Å². The van der Waals surface area contributed by atoms with Gasteiger partial charge in [0, 0.05) is 12.2 Å². The highest BCUT2D eigenvalue weighted by Gasteiger charge is 2.32. The van der Waals surface area contributed by atoms with Gasteiger partial charge in [-0.1, -0.05) is 20.4 Å². The van der Waals surface area contributed by atoms with Crippen LogP contribution in [0, 0.1) is 5.92 Å².